The maximum atomic E-state index is 12.0. The third-order valence-electron chi connectivity index (χ3n) is 3.15. The number of aryl methyl sites for hydroxylation is 1. The van der Waals surface area contributed by atoms with Crippen LogP contribution in [0.1, 0.15) is 5.56 Å². The predicted octanol–water partition coefficient (Wildman–Crippen LogP) is 0.0369. The van der Waals surface area contributed by atoms with Gasteiger partial charge in [0.2, 0.25) is 10.0 Å². The lowest BCUT2D eigenvalue weighted by molar-refractivity contribution is 0.254. The van der Waals surface area contributed by atoms with Gasteiger partial charge < -0.3 is 5.32 Å². The second kappa shape index (κ2) is 6.31. The summed E-state index contributed by atoms with van der Waals surface area (Å²) in [6, 6.07) is 3.62. The van der Waals surface area contributed by atoms with E-state index in [1.807, 2.05) is 13.0 Å². The Hall–Kier alpha value is -1.18. The zero-order valence-electron chi connectivity index (χ0n) is 11.1. The number of rotatable bonds is 5. The molecule has 106 valence electrons. The van der Waals surface area contributed by atoms with Crippen LogP contribution in [0.15, 0.2) is 18.3 Å². The molecular weight excluding hydrogens is 264 g/mol. The summed E-state index contributed by atoms with van der Waals surface area (Å²) in [4.78, 5) is 6.20. The van der Waals surface area contributed by atoms with Crippen molar-refractivity contribution < 1.29 is 8.42 Å². The second-order valence-electron chi connectivity index (χ2n) is 4.68. The van der Waals surface area contributed by atoms with Gasteiger partial charge in [-0.05, 0) is 18.6 Å². The number of sulfonamides is 1. The van der Waals surface area contributed by atoms with Crippen LogP contribution in [-0.4, -0.2) is 56.8 Å². The number of hydrogen-bond donors (Lipinski definition) is 2. The van der Waals surface area contributed by atoms with E-state index in [-0.39, 0.29) is 5.75 Å². The molecule has 0 amide bonds. The fourth-order valence-corrected chi connectivity index (χ4v) is 3.08. The smallest absolute Gasteiger partial charge is 0.235 e. The van der Waals surface area contributed by atoms with E-state index in [1.165, 1.54) is 0 Å². The van der Waals surface area contributed by atoms with Crippen LogP contribution in [0.25, 0.3) is 0 Å². The number of nitrogens with zero attached hydrogens (tertiary/aromatic N) is 2. The van der Waals surface area contributed by atoms with Gasteiger partial charge in [0.1, 0.15) is 5.82 Å². The molecule has 2 N–H and O–H groups in total. The van der Waals surface area contributed by atoms with Crippen LogP contribution in [0.5, 0.6) is 0 Å². The van der Waals surface area contributed by atoms with Crippen molar-refractivity contribution in [2.75, 3.05) is 43.2 Å². The number of nitrogens with one attached hydrogen (secondary N) is 2. The topological polar surface area (TPSA) is 74.3 Å². The first-order chi connectivity index (χ1) is 9.07. The van der Waals surface area contributed by atoms with Crippen molar-refractivity contribution in [2.45, 2.75) is 6.92 Å². The first-order valence-corrected chi connectivity index (χ1v) is 8.07. The Balaban J connectivity index is 1.90. The molecule has 0 atom stereocenters. The maximum Gasteiger partial charge on any atom is 0.235 e. The average Bonchev–Trinajstić information content (AvgIpc) is 2.40. The molecule has 0 aliphatic carbocycles. The molecule has 1 aliphatic heterocycles. The lowest BCUT2D eigenvalue weighted by atomic mass is 10.3. The molecule has 2 heterocycles. The van der Waals surface area contributed by atoms with Gasteiger partial charge in [0.25, 0.3) is 0 Å². The minimum Gasteiger partial charge on any atom is -0.314 e. The zero-order valence-corrected chi connectivity index (χ0v) is 11.9. The van der Waals surface area contributed by atoms with Gasteiger partial charge in [-0.15, -0.1) is 0 Å². The summed E-state index contributed by atoms with van der Waals surface area (Å²) in [5, 5.41) is 3.24. The molecule has 1 aromatic heterocycles. The largest absolute Gasteiger partial charge is 0.314 e. The highest BCUT2D eigenvalue weighted by molar-refractivity contribution is 7.92. The van der Waals surface area contributed by atoms with Crippen molar-refractivity contribution in [1.82, 2.24) is 15.2 Å². The SMILES string of the molecule is Cc1cccnc1NS(=O)(=O)CCN1CCNCC1. The van der Waals surface area contributed by atoms with E-state index in [4.69, 9.17) is 0 Å². The Kier molecular flexibility index (Phi) is 4.73. The summed E-state index contributed by atoms with van der Waals surface area (Å²) >= 11 is 0. The normalized spacial score (nSPS) is 17.3. The van der Waals surface area contributed by atoms with Gasteiger partial charge in [-0.3, -0.25) is 9.62 Å². The van der Waals surface area contributed by atoms with Crippen molar-refractivity contribution in [3.8, 4) is 0 Å². The molecule has 0 unspecified atom stereocenters. The summed E-state index contributed by atoms with van der Waals surface area (Å²) in [7, 11) is -3.33. The second-order valence-corrected chi connectivity index (χ2v) is 6.52. The summed E-state index contributed by atoms with van der Waals surface area (Å²) < 4.78 is 26.5. The molecule has 0 bridgehead atoms. The van der Waals surface area contributed by atoms with Gasteiger partial charge >= 0.3 is 0 Å². The lowest BCUT2D eigenvalue weighted by Crippen LogP contribution is -2.45. The van der Waals surface area contributed by atoms with E-state index in [2.05, 4.69) is 19.9 Å². The number of anilines is 1. The van der Waals surface area contributed by atoms with Crippen LogP contribution in [-0.2, 0) is 10.0 Å². The highest BCUT2D eigenvalue weighted by atomic mass is 32.2. The fourth-order valence-electron chi connectivity index (χ4n) is 1.97. The highest BCUT2D eigenvalue weighted by Gasteiger charge is 2.16. The van der Waals surface area contributed by atoms with Crippen molar-refractivity contribution >= 4 is 15.8 Å². The van der Waals surface area contributed by atoms with E-state index in [0.29, 0.717) is 12.4 Å². The van der Waals surface area contributed by atoms with Crippen LogP contribution in [0, 0.1) is 6.92 Å². The highest BCUT2D eigenvalue weighted by Crippen LogP contribution is 2.11. The summed E-state index contributed by atoms with van der Waals surface area (Å²) in [5.74, 6) is 0.519. The van der Waals surface area contributed by atoms with Gasteiger partial charge in [0.05, 0.1) is 5.75 Å². The van der Waals surface area contributed by atoms with Crippen LogP contribution in [0.2, 0.25) is 0 Å². The third-order valence-corrected chi connectivity index (χ3v) is 4.37. The first-order valence-electron chi connectivity index (χ1n) is 6.42. The summed E-state index contributed by atoms with van der Waals surface area (Å²) in [6.45, 7) is 6.04. The average molecular weight is 284 g/mol. The van der Waals surface area contributed by atoms with E-state index in [0.717, 1.165) is 31.7 Å². The molecule has 7 heteroatoms. The van der Waals surface area contributed by atoms with Gasteiger partial charge in [-0.1, -0.05) is 6.07 Å². The molecule has 1 aromatic rings. The molecule has 1 fully saturated rings. The Labute approximate surface area is 114 Å². The quantitative estimate of drug-likeness (QED) is 0.798. The van der Waals surface area contributed by atoms with E-state index < -0.39 is 10.0 Å². The minimum absolute atomic E-state index is 0.100. The van der Waals surface area contributed by atoms with Crippen molar-refractivity contribution in [1.29, 1.82) is 0 Å². The summed E-state index contributed by atoms with van der Waals surface area (Å²) in [5.41, 5.74) is 0.827. The molecule has 1 aliphatic rings. The van der Waals surface area contributed by atoms with Crippen LogP contribution < -0.4 is 10.0 Å². The number of pyridine rings is 1. The van der Waals surface area contributed by atoms with E-state index in [9.17, 15) is 8.42 Å². The maximum absolute atomic E-state index is 12.0. The standard InChI is InChI=1S/C12H20N4O2S/c1-11-3-2-4-14-12(11)15-19(17,18)10-9-16-7-5-13-6-8-16/h2-4,13H,5-10H2,1H3,(H,14,15). The molecule has 0 aromatic carbocycles. The molecule has 0 radical (unpaired) electrons. The van der Waals surface area contributed by atoms with Crippen molar-refractivity contribution in [2.24, 2.45) is 0 Å². The van der Waals surface area contributed by atoms with Gasteiger partial charge in [-0.25, -0.2) is 13.4 Å². The molecule has 0 saturated carbocycles. The molecule has 19 heavy (non-hydrogen) atoms. The number of hydrogen-bond acceptors (Lipinski definition) is 5. The monoisotopic (exact) mass is 284 g/mol. The third kappa shape index (κ3) is 4.45. The van der Waals surface area contributed by atoms with Crippen LogP contribution in [0.3, 0.4) is 0 Å². The van der Waals surface area contributed by atoms with Crippen molar-refractivity contribution in [3.05, 3.63) is 23.9 Å². The minimum atomic E-state index is -3.33. The zero-order chi connectivity index (χ0) is 13.7. The molecular formula is C12H20N4O2S. The Morgan fingerprint density at radius 2 is 2.16 bits per heavy atom. The van der Waals surface area contributed by atoms with Gasteiger partial charge in [0.15, 0.2) is 0 Å². The Morgan fingerprint density at radius 3 is 2.84 bits per heavy atom. The van der Waals surface area contributed by atoms with E-state index in [1.54, 1.807) is 12.3 Å². The van der Waals surface area contributed by atoms with Gasteiger partial charge in [0, 0.05) is 38.9 Å². The molecule has 6 nitrogen and oxygen atoms in total. The summed E-state index contributed by atoms with van der Waals surface area (Å²) in [6.07, 6.45) is 1.58. The number of aromatic nitrogens is 1. The van der Waals surface area contributed by atoms with Crippen LogP contribution in [0.4, 0.5) is 5.82 Å². The fraction of sp³-hybridized carbons (Fsp3) is 0.583. The van der Waals surface area contributed by atoms with Crippen molar-refractivity contribution in [3.63, 3.8) is 0 Å². The predicted molar refractivity (Wildman–Crippen MR) is 75.7 cm³/mol. The van der Waals surface area contributed by atoms with Crippen LogP contribution >= 0.6 is 0 Å². The molecule has 2 rings (SSSR count). The molecule has 0 spiro atoms. The number of piperazine rings is 1. The molecule has 1 saturated heterocycles. The Morgan fingerprint density at radius 1 is 1.42 bits per heavy atom. The van der Waals surface area contributed by atoms with Gasteiger partial charge in [-0.2, -0.15) is 0 Å². The Bertz CT molecular complexity index is 512. The van der Waals surface area contributed by atoms with E-state index >= 15 is 0 Å². The lowest BCUT2D eigenvalue weighted by Gasteiger charge is -2.26. The first kappa shape index (κ1) is 14.2.